The van der Waals surface area contributed by atoms with E-state index in [1.807, 2.05) is 26.8 Å². The number of aliphatic imine (C=N–C) groups is 1. The molecule has 2 N–H and O–H groups in total. The second-order valence-corrected chi connectivity index (χ2v) is 8.80. The Hall–Kier alpha value is -1.66. The molecule has 1 aromatic heterocycles. The van der Waals surface area contributed by atoms with Gasteiger partial charge in [0.2, 0.25) is 10.0 Å². The summed E-state index contributed by atoms with van der Waals surface area (Å²) < 4.78 is 31.8. The van der Waals surface area contributed by atoms with E-state index in [1.165, 1.54) is 18.4 Å². The van der Waals surface area contributed by atoms with Gasteiger partial charge in [0.1, 0.15) is 5.76 Å². The zero-order valence-corrected chi connectivity index (χ0v) is 21.4. The number of halogens is 1. The Balaban J connectivity index is 0.00000450. The zero-order valence-electron chi connectivity index (χ0n) is 18.2. The normalized spacial score (nSPS) is 12.0. The van der Waals surface area contributed by atoms with Crippen LogP contribution in [0, 0.1) is 0 Å². The number of nitrogens with one attached hydrogen (secondary N) is 2. The molecule has 30 heavy (non-hydrogen) atoms. The number of hydrogen-bond donors (Lipinski definition) is 2. The highest BCUT2D eigenvalue weighted by Crippen LogP contribution is 2.19. The topological polar surface area (TPSA) is 99.8 Å². The van der Waals surface area contributed by atoms with Gasteiger partial charge in [0.15, 0.2) is 5.96 Å². The Morgan fingerprint density at radius 2 is 1.83 bits per heavy atom. The minimum absolute atomic E-state index is 0. The van der Waals surface area contributed by atoms with Gasteiger partial charge in [0, 0.05) is 39.2 Å². The van der Waals surface area contributed by atoms with Gasteiger partial charge in [-0.15, -0.1) is 24.0 Å². The van der Waals surface area contributed by atoms with Crippen LogP contribution in [0.4, 0.5) is 0 Å². The van der Waals surface area contributed by atoms with Gasteiger partial charge in [-0.3, -0.25) is 0 Å². The van der Waals surface area contributed by atoms with Crippen molar-refractivity contribution in [2.75, 3.05) is 20.6 Å². The first-order valence-electron chi connectivity index (χ1n) is 9.83. The van der Waals surface area contributed by atoms with E-state index in [2.05, 4.69) is 20.8 Å². The first-order valence-corrected chi connectivity index (χ1v) is 11.3. The fourth-order valence-electron chi connectivity index (χ4n) is 2.90. The second-order valence-electron chi connectivity index (χ2n) is 6.68. The third-order valence-electron chi connectivity index (χ3n) is 4.52. The first-order chi connectivity index (χ1) is 13.8. The van der Waals surface area contributed by atoms with E-state index in [9.17, 15) is 8.42 Å². The fourth-order valence-corrected chi connectivity index (χ4v) is 4.01. The van der Waals surface area contributed by atoms with Crippen molar-refractivity contribution in [3.8, 4) is 0 Å². The Bertz CT molecular complexity index is 920. The third kappa shape index (κ3) is 6.42. The molecule has 2 aromatic rings. The quantitative estimate of drug-likeness (QED) is 0.284. The lowest BCUT2D eigenvalue weighted by Gasteiger charge is -2.15. The van der Waals surface area contributed by atoms with E-state index < -0.39 is 10.0 Å². The number of aryl methyl sites for hydroxylation is 2. The lowest BCUT2D eigenvalue weighted by molar-refractivity contribution is 0.380. The highest BCUT2D eigenvalue weighted by atomic mass is 127. The summed E-state index contributed by atoms with van der Waals surface area (Å²) >= 11 is 0. The highest BCUT2D eigenvalue weighted by Gasteiger charge is 2.20. The molecule has 0 aliphatic carbocycles. The monoisotopic (exact) mass is 549 g/mol. The molecule has 0 saturated heterocycles. The zero-order chi connectivity index (χ0) is 21.4. The average molecular weight is 549 g/mol. The molecule has 0 aliphatic rings. The van der Waals surface area contributed by atoms with Crippen molar-refractivity contribution in [1.82, 2.24) is 20.1 Å². The van der Waals surface area contributed by atoms with Crippen LogP contribution in [0.1, 0.15) is 43.4 Å². The average Bonchev–Trinajstić information content (AvgIpc) is 3.12. The van der Waals surface area contributed by atoms with Gasteiger partial charge in [-0.05, 0) is 25.0 Å². The van der Waals surface area contributed by atoms with Crippen LogP contribution >= 0.6 is 24.0 Å². The van der Waals surface area contributed by atoms with Gasteiger partial charge >= 0.3 is 0 Å². The smallest absolute Gasteiger partial charge is 0.242 e. The van der Waals surface area contributed by atoms with E-state index in [4.69, 9.17) is 4.52 Å². The van der Waals surface area contributed by atoms with Crippen molar-refractivity contribution < 1.29 is 12.9 Å². The summed E-state index contributed by atoms with van der Waals surface area (Å²) in [6, 6.07) is 6.93. The van der Waals surface area contributed by atoms with Gasteiger partial charge in [-0.25, -0.2) is 17.7 Å². The lowest BCUT2D eigenvalue weighted by Crippen LogP contribution is -2.37. The molecule has 1 aromatic carbocycles. The summed E-state index contributed by atoms with van der Waals surface area (Å²) in [5.74, 6) is 1.47. The molecule has 1 heterocycles. The minimum atomic E-state index is -3.53. The Labute approximate surface area is 196 Å². The molecular formula is C20H32IN5O3S. The molecule has 0 atom stereocenters. The standard InChI is InChI=1S/C20H31N5O3S.HI/c1-6-17-16(18(7-2)28-24-17)14-23-20(21-8-3)22-13-15-11-9-10-12-19(15)29(26,27)25(4)5;/h9-12H,6-8,13-14H2,1-5H3,(H2,21,22,23);1H. The largest absolute Gasteiger partial charge is 0.361 e. The number of hydrogen-bond acceptors (Lipinski definition) is 5. The summed E-state index contributed by atoms with van der Waals surface area (Å²) in [5, 5.41) is 10.6. The summed E-state index contributed by atoms with van der Waals surface area (Å²) in [6.45, 7) is 7.53. The van der Waals surface area contributed by atoms with Crippen molar-refractivity contribution in [3.63, 3.8) is 0 Å². The molecule has 0 radical (unpaired) electrons. The van der Waals surface area contributed by atoms with Gasteiger partial charge in [0.25, 0.3) is 0 Å². The van der Waals surface area contributed by atoms with Crippen LogP contribution in [0.15, 0.2) is 38.7 Å². The maximum atomic E-state index is 12.6. The number of benzene rings is 1. The first kappa shape index (κ1) is 26.4. The molecule has 0 aliphatic heterocycles. The summed E-state index contributed by atoms with van der Waals surface area (Å²) in [7, 11) is -0.482. The molecule has 10 heteroatoms. The van der Waals surface area contributed by atoms with Crippen molar-refractivity contribution in [2.24, 2.45) is 4.99 Å². The van der Waals surface area contributed by atoms with E-state index >= 15 is 0 Å². The Morgan fingerprint density at radius 1 is 1.13 bits per heavy atom. The van der Waals surface area contributed by atoms with Gasteiger partial charge in [0.05, 0.1) is 17.1 Å². The molecular weight excluding hydrogens is 517 g/mol. The van der Waals surface area contributed by atoms with Gasteiger partial charge in [-0.2, -0.15) is 0 Å². The van der Waals surface area contributed by atoms with Crippen molar-refractivity contribution in [1.29, 1.82) is 0 Å². The number of rotatable bonds is 9. The van der Waals surface area contributed by atoms with Gasteiger partial charge in [-0.1, -0.05) is 37.2 Å². The summed E-state index contributed by atoms with van der Waals surface area (Å²) in [4.78, 5) is 4.86. The van der Waals surface area contributed by atoms with Crippen molar-refractivity contribution >= 4 is 40.0 Å². The van der Waals surface area contributed by atoms with Crippen LogP contribution in [0.5, 0.6) is 0 Å². The van der Waals surface area contributed by atoms with Crippen LogP contribution in [-0.2, 0) is 36.0 Å². The molecule has 0 amide bonds. The molecule has 0 unspecified atom stereocenters. The summed E-state index contributed by atoms with van der Waals surface area (Å²) in [6.07, 6.45) is 1.57. The number of aromatic nitrogens is 1. The summed E-state index contributed by atoms with van der Waals surface area (Å²) in [5.41, 5.74) is 2.63. The lowest BCUT2D eigenvalue weighted by atomic mass is 10.1. The van der Waals surface area contributed by atoms with E-state index in [-0.39, 0.29) is 35.4 Å². The van der Waals surface area contributed by atoms with Crippen LogP contribution in [0.25, 0.3) is 0 Å². The molecule has 168 valence electrons. The maximum absolute atomic E-state index is 12.6. The fraction of sp³-hybridized carbons (Fsp3) is 0.500. The van der Waals surface area contributed by atoms with Crippen LogP contribution in [-0.4, -0.2) is 44.5 Å². The van der Waals surface area contributed by atoms with Crippen LogP contribution in [0.2, 0.25) is 0 Å². The predicted molar refractivity (Wildman–Crippen MR) is 130 cm³/mol. The molecule has 0 saturated carbocycles. The highest BCUT2D eigenvalue weighted by molar-refractivity contribution is 14.0. The predicted octanol–water partition coefficient (Wildman–Crippen LogP) is 2.92. The van der Waals surface area contributed by atoms with Crippen LogP contribution in [0.3, 0.4) is 0 Å². The van der Waals surface area contributed by atoms with Crippen molar-refractivity contribution in [3.05, 3.63) is 46.8 Å². The van der Waals surface area contributed by atoms with E-state index in [0.717, 1.165) is 29.9 Å². The Kier molecular flexibility index (Phi) is 10.8. The molecule has 2 rings (SSSR count). The number of guanidine groups is 1. The van der Waals surface area contributed by atoms with E-state index in [0.29, 0.717) is 24.6 Å². The van der Waals surface area contributed by atoms with Gasteiger partial charge < -0.3 is 15.2 Å². The molecule has 0 bridgehead atoms. The second kappa shape index (κ2) is 12.3. The Morgan fingerprint density at radius 3 is 2.43 bits per heavy atom. The minimum Gasteiger partial charge on any atom is -0.361 e. The maximum Gasteiger partial charge on any atom is 0.242 e. The molecule has 0 spiro atoms. The van der Waals surface area contributed by atoms with Crippen LogP contribution < -0.4 is 10.6 Å². The van der Waals surface area contributed by atoms with Crippen molar-refractivity contribution in [2.45, 2.75) is 51.6 Å². The number of nitrogens with zero attached hydrogens (tertiary/aromatic N) is 3. The molecule has 0 fully saturated rings. The molecule has 8 nitrogen and oxygen atoms in total. The SMILES string of the molecule is CCNC(=NCc1ccccc1S(=O)(=O)N(C)C)NCc1c(CC)noc1CC.I. The third-order valence-corrected chi connectivity index (χ3v) is 6.44. The van der Waals surface area contributed by atoms with E-state index in [1.54, 1.807) is 18.2 Å². The number of sulfonamides is 1.